The molecule has 2 aliphatic heterocycles. The quantitative estimate of drug-likeness (QED) is 0.733. The molecule has 1 unspecified atom stereocenters. The van der Waals surface area contributed by atoms with Crippen LogP contribution in [0.3, 0.4) is 0 Å². The van der Waals surface area contributed by atoms with E-state index in [1.165, 1.54) is 0 Å². The molecule has 138 valence electrons. The third kappa shape index (κ3) is 3.78. The highest BCUT2D eigenvalue weighted by Crippen LogP contribution is 2.28. The second kappa shape index (κ2) is 7.76. The lowest BCUT2D eigenvalue weighted by atomic mass is 9.94. The second-order valence-electron chi connectivity index (χ2n) is 6.85. The predicted molar refractivity (Wildman–Crippen MR) is 102 cm³/mol. The van der Waals surface area contributed by atoms with Crippen molar-refractivity contribution in [2.45, 2.75) is 19.0 Å². The second-order valence-corrected chi connectivity index (χ2v) is 6.85. The van der Waals surface area contributed by atoms with E-state index in [1.54, 1.807) is 0 Å². The van der Waals surface area contributed by atoms with E-state index in [2.05, 4.69) is 5.32 Å². The van der Waals surface area contributed by atoms with Crippen LogP contribution in [0.5, 0.6) is 0 Å². The molecule has 2 aromatic carbocycles. The standard InChI is InChI=1S/C22H22N2O3/c25-21-15-27-12-6-5-8-16-7-1-4-11-19(16)22(26)24-13-17-9-2-3-10-18(17)20(14-24)23-21/h1-7,9-11,20H,8,12-15H2,(H,23,25)/b6-5+. The molecule has 2 bridgehead atoms. The third-order valence-electron chi connectivity index (χ3n) is 5.02. The molecule has 2 aliphatic rings. The summed E-state index contributed by atoms with van der Waals surface area (Å²) in [5.41, 5.74) is 3.84. The lowest BCUT2D eigenvalue weighted by Crippen LogP contribution is -2.45. The van der Waals surface area contributed by atoms with E-state index in [0.29, 0.717) is 31.7 Å². The van der Waals surface area contributed by atoms with Crippen molar-refractivity contribution in [2.24, 2.45) is 0 Å². The van der Waals surface area contributed by atoms with E-state index in [9.17, 15) is 9.59 Å². The monoisotopic (exact) mass is 362 g/mol. The van der Waals surface area contributed by atoms with Crippen LogP contribution in [0, 0.1) is 0 Å². The number of fused-ring (bicyclic) bond motifs is 5. The molecule has 0 saturated carbocycles. The van der Waals surface area contributed by atoms with E-state index in [1.807, 2.05) is 65.6 Å². The van der Waals surface area contributed by atoms with Crippen LogP contribution in [0.15, 0.2) is 60.7 Å². The smallest absolute Gasteiger partial charge is 0.254 e. The molecule has 0 saturated heterocycles. The number of amides is 2. The number of ether oxygens (including phenoxy) is 1. The SMILES string of the molecule is O=C1COC/C=C/Cc2ccccc2C(=O)N2Cc3ccccc3C(C2)N1. The highest BCUT2D eigenvalue weighted by molar-refractivity contribution is 5.96. The van der Waals surface area contributed by atoms with Crippen molar-refractivity contribution >= 4 is 11.8 Å². The Kier molecular flexibility index (Phi) is 5.03. The van der Waals surface area contributed by atoms with E-state index in [0.717, 1.165) is 16.7 Å². The summed E-state index contributed by atoms with van der Waals surface area (Å²) >= 11 is 0. The Hall–Kier alpha value is -2.92. The van der Waals surface area contributed by atoms with Crippen molar-refractivity contribution in [2.75, 3.05) is 19.8 Å². The molecular weight excluding hydrogens is 340 g/mol. The van der Waals surface area contributed by atoms with Crippen molar-refractivity contribution in [1.82, 2.24) is 10.2 Å². The molecule has 0 radical (unpaired) electrons. The number of benzene rings is 2. The predicted octanol–water partition coefficient (Wildman–Crippen LogP) is 2.63. The van der Waals surface area contributed by atoms with E-state index in [-0.39, 0.29) is 24.5 Å². The van der Waals surface area contributed by atoms with Crippen molar-refractivity contribution in [3.05, 3.63) is 82.9 Å². The van der Waals surface area contributed by atoms with Gasteiger partial charge in [-0.05, 0) is 29.2 Å². The molecule has 0 spiro atoms. The summed E-state index contributed by atoms with van der Waals surface area (Å²) in [7, 11) is 0. The maximum Gasteiger partial charge on any atom is 0.254 e. The number of rotatable bonds is 0. The van der Waals surface area contributed by atoms with Crippen molar-refractivity contribution in [3.8, 4) is 0 Å². The summed E-state index contributed by atoms with van der Waals surface area (Å²) in [5, 5.41) is 3.02. The zero-order chi connectivity index (χ0) is 18.6. The van der Waals surface area contributed by atoms with Crippen LogP contribution in [0.25, 0.3) is 0 Å². The fourth-order valence-electron chi connectivity index (χ4n) is 3.70. The van der Waals surface area contributed by atoms with Crippen LogP contribution < -0.4 is 5.32 Å². The van der Waals surface area contributed by atoms with Crippen molar-refractivity contribution in [1.29, 1.82) is 0 Å². The van der Waals surface area contributed by atoms with Gasteiger partial charge in [-0.1, -0.05) is 54.6 Å². The van der Waals surface area contributed by atoms with Gasteiger partial charge in [0.25, 0.3) is 5.91 Å². The summed E-state index contributed by atoms with van der Waals surface area (Å²) in [4.78, 5) is 27.4. The van der Waals surface area contributed by atoms with Gasteiger partial charge in [0, 0.05) is 18.7 Å². The molecule has 5 nitrogen and oxygen atoms in total. The molecule has 2 aromatic rings. The molecule has 4 rings (SSSR count). The Labute approximate surface area is 158 Å². The minimum absolute atomic E-state index is 0.000983. The average Bonchev–Trinajstić information content (AvgIpc) is 2.69. The van der Waals surface area contributed by atoms with Gasteiger partial charge < -0.3 is 15.0 Å². The first kappa shape index (κ1) is 17.5. The van der Waals surface area contributed by atoms with Gasteiger partial charge >= 0.3 is 0 Å². The Balaban J connectivity index is 1.73. The largest absolute Gasteiger partial charge is 0.368 e. The van der Waals surface area contributed by atoms with Gasteiger partial charge in [-0.15, -0.1) is 0 Å². The Morgan fingerprint density at radius 2 is 1.74 bits per heavy atom. The van der Waals surface area contributed by atoms with E-state index in [4.69, 9.17) is 4.74 Å². The number of hydrogen-bond donors (Lipinski definition) is 1. The Morgan fingerprint density at radius 3 is 2.63 bits per heavy atom. The van der Waals surface area contributed by atoms with E-state index < -0.39 is 0 Å². The number of allylic oxidation sites excluding steroid dienone is 1. The fraction of sp³-hybridized carbons (Fsp3) is 0.273. The Bertz CT molecular complexity index is 891. The minimum atomic E-state index is -0.236. The summed E-state index contributed by atoms with van der Waals surface area (Å²) in [6.45, 7) is 1.37. The van der Waals surface area contributed by atoms with Gasteiger partial charge in [0.1, 0.15) is 6.61 Å². The number of nitrogens with zero attached hydrogens (tertiary/aromatic N) is 1. The molecule has 0 fully saturated rings. The zero-order valence-electron chi connectivity index (χ0n) is 15.1. The number of hydrogen-bond acceptors (Lipinski definition) is 3. The first-order valence-corrected chi connectivity index (χ1v) is 9.19. The molecule has 1 N–H and O–H groups in total. The van der Waals surface area contributed by atoms with Gasteiger partial charge in [0.2, 0.25) is 5.91 Å². The maximum absolute atomic E-state index is 13.3. The normalized spacial score (nSPS) is 21.5. The Morgan fingerprint density at radius 1 is 0.963 bits per heavy atom. The lowest BCUT2D eigenvalue weighted by molar-refractivity contribution is -0.126. The maximum atomic E-state index is 13.3. The van der Waals surface area contributed by atoms with Gasteiger partial charge in [0.05, 0.1) is 12.6 Å². The number of carbonyl (C=O) groups excluding carboxylic acids is 2. The van der Waals surface area contributed by atoms with Crippen LogP contribution in [-0.4, -0.2) is 36.5 Å². The first-order valence-electron chi connectivity index (χ1n) is 9.19. The van der Waals surface area contributed by atoms with Crippen LogP contribution in [-0.2, 0) is 22.5 Å². The average molecular weight is 362 g/mol. The third-order valence-corrected chi connectivity index (χ3v) is 5.02. The summed E-state index contributed by atoms with van der Waals surface area (Å²) < 4.78 is 5.45. The zero-order valence-corrected chi connectivity index (χ0v) is 15.1. The molecule has 0 aromatic heterocycles. The number of carbonyl (C=O) groups is 2. The molecule has 27 heavy (non-hydrogen) atoms. The summed E-state index contributed by atoms with van der Waals surface area (Å²) in [6, 6.07) is 15.4. The molecule has 2 heterocycles. The van der Waals surface area contributed by atoms with Gasteiger partial charge in [0.15, 0.2) is 0 Å². The molecule has 0 aliphatic carbocycles. The van der Waals surface area contributed by atoms with Gasteiger partial charge in [-0.3, -0.25) is 9.59 Å². The van der Waals surface area contributed by atoms with Crippen LogP contribution in [0.2, 0.25) is 0 Å². The van der Waals surface area contributed by atoms with Crippen molar-refractivity contribution < 1.29 is 14.3 Å². The minimum Gasteiger partial charge on any atom is -0.368 e. The van der Waals surface area contributed by atoms with Gasteiger partial charge in [-0.2, -0.15) is 0 Å². The highest BCUT2D eigenvalue weighted by atomic mass is 16.5. The fourth-order valence-corrected chi connectivity index (χ4v) is 3.70. The van der Waals surface area contributed by atoms with Gasteiger partial charge in [-0.25, -0.2) is 0 Å². The summed E-state index contributed by atoms with van der Waals surface area (Å²) in [6.07, 6.45) is 4.52. The molecule has 5 heteroatoms. The highest BCUT2D eigenvalue weighted by Gasteiger charge is 2.30. The first-order chi connectivity index (χ1) is 13.2. The van der Waals surface area contributed by atoms with Crippen LogP contribution in [0.1, 0.15) is 33.1 Å². The van der Waals surface area contributed by atoms with E-state index >= 15 is 0 Å². The lowest BCUT2D eigenvalue weighted by Gasteiger charge is -2.35. The molecule has 2 amide bonds. The van der Waals surface area contributed by atoms with Crippen LogP contribution >= 0.6 is 0 Å². The van der Waals surface area contributed by atoms with Crippen molar-refractivity contribution in [3.63, 3.8) is 0 Å². The van der Waals surface area contributed by atoms with Crippen LogP contribution in [0.4, 0.5) is 0 Å². The molecular formula is C22H22N2O3. The number of nitrogens with one attached hydrogen (secondary N) is 1. The topological polar surface area (TPSA) is 58.6 Å². The summed E-state index contributed by atoms with van der Waals surface area (Å²) in [5.74, 6) is -0.170. The molecule has 1 atom stereocenters.